The van der Waals surface area contributed by atoms with Crippen LogP contribution in [0.2, 0.25) is 0 Å². The Kier molecular flexibility index (Phi) is 8.57. The van der Waals surface area contributed by atoms with E-state index in [1.165, 1.54) is 5.56 Å². The van der Waals surface area contributed by atoms with Crippen molar-refractivity contribution in [2.75, 3.05) is 32.8 Å². The molecule has 0 aromatic heterocycles. The van der Waals surface area contributed by atoms with Crippen LogP contribution < -0.4 is 20.1 Å². The van der Waals surface area contributed by atoms with Gasteiger partial charge in [0.2, 0.25) is 5.91 Å². The molecule has 28 heavy (non-hydrogen) atoms. The van der Waals surface area contributed by atoms with Crippen LogP contribution in [0.3, 0.4) is 0 Å². The number of nitrogens with zero attached hydrogens (tertiary/aromatic N) is 1. The van der Waals surface area contributed by atoms with Crippen molar-refractivity contribution >= 4 is 11.9 Å². The number of benzene rings is 1. The monoisotopic (exact) mass is 391 g/mol. The van der Waals surface area contributed by atoms with Gasteiger partial charge in [0.05, 0.1) is 19.8 Å². The molecule has 0 atom stereocenters. The van der Waals surface area contributed by atoms with Gasteiger partial charge in [0.1, 0.15) is 0 Å². The van der Waals surface area contributed by atoms with Crippen LogP contribution in [-0.2, 0) is 17.8 Å². The van der Waals surface area contributed by atoms with Crippen molar-refractivity contribution in [1.82, 2.24) is 15.5 Å². The Labute approximate surface area is 167 Å². The molecule has 3 amide bonds. The van der Waals surface area contributed by atoms with Crippen LogP contribution in [0.25, 0.3) is 0 Å². The summed E-state index contributed by atoms with van der Waals surface area (Å²) < 4.78 is 11.4. The second-order valence-electron chi connectivity index (χ2n) is 7.38. The van der Waals surface area contributed by atoms with Gasteiger partial charge in [-0.05, 0) is 55.9 Å². The van der Waals surface area contributed by atoms with Crippen molar-refractivity contribution < 1.29 is 19.1 Å². The Morgan fingerprint density at radius 2 is 1.75 bits per heavy atom. The van der Waals surface area contributed by atoms with E-state index >= 15 is 0 Å². The van der Waals surface area contributed by atoms with Crippen LogP contribution in [0.1, 0.15) is 45.2 Å². The lowest BCUT2D eigenvalue weighted by Crippen LogP contribution is -2.45. The average molecular weight is 392 g/mol. The first-order valence-electron chi connectivity index (χ1n) is 10.1. The van der Waals surface area contributed by atoms with Crippen LogP contribution in [-0.4, -0.2) is 49.7 Å². The zero-order valence-corrected chi connectivity index (χ0v) is 17.5. The molecule has 156 valence electrons. The number of rotatable bonds is 9. The summed E-state index contributed by atoms with van der Waals surface area (Å²) in [4.78, 5) is 26.0. The number of ether oxygens (including phenoxy) is 2. The lowest BCUT2D eigenvalue weighted by atomic mass is 9.99. The second-order valence-corrected chi connectivity index (χ2v) is 7.38. The van der Waals surface area contributed by atoms with Crippen molar-refractivity contribution in [2.45, 2.75) is 47.1 Å². The Hall–Kier alpha value is -2.28. The standard InChI is InChI=1S/C21H33N3O4/c1-5-27-18-11-16-8-10-24(13-17(16)12-19(18)28-6-2)14-20(25)23-21(26)22-9-7-15(3)4/h11-12,15H,5-10,13-14H2,1-4H3,(H2,22,23,25,26). The predicted octanol–water partition coefficient (Wildman–Crippen LogP) is 2.71. The van der Waals surface area contributed by atoms with Crippen LogP contribution in [0.4, 0.5) is 4.79 Å². The summed E-state index contributed by atoms with van der Waals surface area (Å²) in [5.41, 5.74) is 2.35. The van der Waals surface area contributed by atoms with E-state index in [1.54, 1.807) is 0 Å². The van der Waals surface area contributed by atoms with Gasteiger partial charge in [0, 0.05) is 19.6 Å². The highest BCUT2D eigenvalue weighted by Crippen LogP contribution is 2.33. The second kappa shape index (κ2) is 10.9. The Bertz CT molecular complexity index is 676. The maximum Gasteiger partial charge on any atom is 0.321 e. The molecule has 1 aliphatic heterocycles. The molecule has 7 nitrogen and oxygen atoms in total. The lowest BCUT2D eigenvalue weighted by Gasteiger charge is -2.29. The van der Waals surface area contributed by atoms with Crippen LogP contribution in [0.5, 0.6) is 11.5 Å². The summed E-state index contributed by atoms with van der Waals surface area (Å²) in [6.45, 7) is 11.4. The van der Waals surface area contributed by atoms with Gasteiger partial charge in [-0.2, -0.15) is 0 Å². The third-order valence-electron chi connectivity index (χ3n) is 4.58. The van der Waals surface area contributed by atoms with Crippen molar-refractivity contribution in [3.05, 3.63) is 23.3 Å². The minimum Gasteiger partial charge on any atom is -0.490 e. The highest BCUT2D eigenvalue weighted by Gasteiger charge is 2.22. The zero-order valence-electron chi connectivity index (χ0n) is 17.5. The highest BCUT2D eigenvalue weighted by molar-refractivity contribution is 5.95. The minimum absolute atomic E-state index is 0.189. The van der Waals surface area contributed by atoms with Crippen LogP contribution in [0, 0.1) is 5.92 Å². The molecule has 1 heterocycles. The molecule has 1 aliphatic rings. The minimum atomic E-state index is -0.428. The molecule has 2 N–H and O–H groups in total. The van der Waals surface area contributed by atoms with Crippen LogP contribution in [0.15, 0.2) is 12.1 Å². The number of hydrogen-bond acceptors (Lipinski definition) is 5. The molecule has 1 aromatic rings. The first kappa shape index (κ1) is 22.0. The quantitative estimate of drug-likeness (QED) is 0.677. The van der Waals surface area contributed by atoms with Crippen molar-refractivity contribution in [2.24, 2.45) is 5.92 Å². The van der Waals surface area contributed by atoms with Gasteiger partial charge in [-0.3, -0.25) is 15.0 Å². The summed E-state index contributed by atoms with van der Waals surface area (Å²) in [5.74, 6) is 1.72. The molecule has 0 aliphatic carbocycles. The molecule has 0 fully saturated rings. The summed E-state index contributed by atoms with van der Waals surface area (Å²) in [6, 6.07) is 3.62. The molecule has 2 rings (SSSR count). The number of carbonyl (C=O) groups excluding carboxylic acids is 2. The molecule has 7 heteroatoms. The normalized spacial score (nSPS) is 13.8. The summed E-state index contributed by atoms with van der Waals surface area (Å²) in [5, 5.41) is 5.12. The number of imide groups is 1. The van der Waals surface area contributed by atoms with Gasteiger partial charge in [-0.25, -0.2) is 4.79 Å². The Morgan fingerprint density at radius 1 is 1.11 bits per heavy atom. The number of carbonyl (C=O) groups is 2. The van der Waals surface area contributed by atoms with E-state index in [2.05, 4.69) is 24.5 Å². The SMILES string of the molecule is CCOc1cc2c(cc1OCC)CN(CC(=O)NC(=O)NCCC(C)C)CC2. The van der Waals surface area contributed by atoms with Gasteiger partial charge in [0.15, 0.2) is 11.5 Å². The topological polar surface area (TPSA) is 79.9 Å². The largest absolute Gasteiger partial charge is 0.490 e. The summed E-state index contributed by atoms with van der Waals surface area (Å²) in [7, 11) is 0. The van der Waals surface area contributed by atoms with E-state index in [0.717, 1.165) is 36.4 Å². The zero-order chi connectivity index (χ0) is 20.5. The third kappa shape index (κ3) is 6.71. The molecule has 0 radical (unpaired) electrons. The fourth-order valence-electron chi connectivity index (χ4n) is 3.18. The van der Waals surface area contributed by atoms with E-state index in [4.69, 9.17) is 9.47 Å². The smallest absolute Gasteiger partial charge is 0.321 e. The molecule has 0 unspecified atom stereocenters. The fourth-order valence-corrected chi connectivity index (χ4v) is 3.18. The molecule has 0 saturated carbocycles. The summed E-state index contributed by atoms with van der Waals surface area (Å²) >= 11 is 0. The maximum atomic E-state index is 12.2. The Morgan fingerprint density at radius 3 is 2.36 bits per heavy atom. The van der Waals surface area contributed by atoms with Crippen LogP contribution >= 0.6 is 0 Å². The first-order valence-corrected chi connectivity index (χ1v) is 10.1. The van der Waals surface area contributed by atoms with Gasteiger partial charge in [-0.15, -0.1) is 0 Å². The van der Waals surface area contributed by atoms with E-state index in [1.807, 2.05) is 30.9 Å². The lowest BCUT2D eigenvalue weighted by molar-refractivity contribution is -0.121. The predicted molar refractivity (Wildman–Crippen MR) is 109 cm³/mol. The molecular weight excluding hydrogens is 358 g/mol. The van der Waals surface area contributed by atoms with Gasteiger partial charge in [-0.1, -0.05) is 13.8 Å². The number of amides is 3. The summed E-state index contributed by atoms with van der Waals surface area (Å²) in [6.07, 6.45) is 1.71. The molecule has 0 saturated heterocycles. The van der Waals surface area contributed by atoms with Gasteiger partial charge in [0.25, 0.3) is 0 Å². The first-order chi connectivity index (χ1) is 13.4. The number of urea groups is 1. The Balaban J connectivity index is 1.91. The molecule has 0 spiro atoms. The number of nitrogens with one attached hydrogen (secondary N) is 2. The van der Waals surface area contributed by atoms with E-state index < -0.39 is 6.03 Å². The average Bonchev–Trinajstić information content (AvgIpc) is 2.62. The van der Waals surface area contributed by atoms with Gasteiger partial charge >= 0.3 is 6.03 Å². The van der Waals surface area contributed by atoms with Crippen molar-refractivity contribution in [3.8, 4) is 11.5 Å². The van der Waals surface area contributed by atoms with E-state index in [9.17, 15) is 9.59 Å². The van der Waals surface area contributed by atoms with Gasteiger partial charge < -0.3 is 14.8 Å². The molecular formula is C21H33N3O4. The molecule has 1 aromatic carbocycles. The number of fused-ring (bicyclic) bond motifs is 1. The van der Waals surface area contributed by atoms with Crippen molar-refractivity contribution in [1.29, 1.82) is 0 Å². The van der Waals surface area contributed by atoms with E-state index in [0.29, 0.717) is 32.2 Å². The third-order valence-corrected chi connectivity index (χ3v) is 4.58. The number of hydrogen-bond donors (Lipinski definition) is 2. The molecule has 0 bridgehead atoms. The van der Waals surface area contributed by atoms with E-state index in [-0.39, 0.29) is 12.5 Å². The highest BCUT2D eigenvalue weighted by atomic mass is 16.5. The van der Waals surface area contributed by atoms with Crippen molar-refractivity contribution in [3.63, 3.8) is 0 Å². The fraction of sp³-hybridized carbons (Fsp3) is 0.619. The maximum absolute atomic E-state index is 12.2.